The first-order valence-electron chi connectivity index (χ1n) is 4.02. The molecule has 0 aliphatic heterocycles. The van der Waals surface area contributed by atoms with Crippen LogP contribution < -0.4 is 0 Å². The van der Waals surface area contributed by atoms with Crippen molar-refractivity contribution in [2.75, 3.05) is 0 Å². The Hall–Kier alpha value is -1.36. The van der Waals surface area contributed by atoms with E-state index in [2.05, 4.69) is 18.8 Å². The van der Waals surface area contributed by atoms with E-state index < -0.39 is 0 Å². The Balaban J connectivity index is 3.14. The van der Waals surface area contributed by atoms with Gasteiger partial charge in [-0.15, -0.1) is 0 Å². The second-order valence-corrected chi connectivity index (χ2v) is 3.14. The van der Waals surface area contributed by atoms with Gasteiger partial charge in [-0.25, -0.2) is 4.98 Å². The van der Waals surface area contributed by atoms with E-state index in [1.807, 2.05) is 19.1 Å². The average molecular weight is 160 g/mol. The summed E-state index contributed by atoms with van der Waals surface area (Å²) in [6.45, 7) is 6.18. The lowest BCUT2D eigenvalue weighted by molar-refractivity contribution is 0.841. The Morgan fingerprint density at radius 3 is 2.50 bits per heavy atom. The van der Waals surface area contributed by atoms with Crippen LogP contribution >= 0.6 is 0 Å². The maximum Gasteiger partial charge on any atom is 0.140 e. The van der Waals surface area contributed by atoms with Crippen LogP contribution in [0.3, 0.4) is 0 Å². The molecule has 0 radical (unpaired) electrons. The third-order valence-electron chi connectivity index (χ3n) is 1.86. The Morgan fingerprint density at radius 2 is 2.08 bits per heavy atom. The number of pyridine rings is 1. The minimum absolute atomic E-state index is 0.477. The van der Waals surface area contributed by atoms with Crippen LogP contribution in [0, 0.1) is 18.3 Å². The molecule has 0 saturated carbocycles. The van der Waals surface area contributed by atoms with Crippen molar-refractivity contribution in [3.05, 3.63) is 29.1 Å². The van der Waals surface area contributed by atoms with E-state index in [1.165, 1.54) is 5.56 Å². The highest BCUT2D eigenvalue weighted by atomic mass is 14.7. The van der Waals surface area contributed by atoms with Gasteiger partial charge in [-0.05, 0) is 24.5 Å². The maximum absolute atomic E-state index is 8.58. The molecule has 0 N–H and O–H groups in total. The fourth-order valence-electron chi connectivity index (χ4n) is 1.24. The summed E-state index contributed by atoms with van der Waals surface area (Å²) in [5.41, 5.74) is 2.68. The summed E-state index contributed by atoms with van der Waals surface area (Å²) in [6.07, 6.45) is 0. The largest absolute Gasteiger partial charge is 0.242 e. The zero-order chi connectivity index (χ0) is 9.14. The van der Waals surface area contributed by atoms with Crippen LogP contribution in [0.5, 0.6) is 0 Å². The summed E-state index contributed by atoms with van der Waals surface area (Å²) in [7, 11) is 0. The van der Waals surface area contributed by atoms with Crippen molar-refractivity contribution in [1.82, 2.24) is 4.98 Å². The summed E-state index contributed by atoms with van der Waals surface area (Å²) in [5.74, 6) is 0.477. The monoisotopic (exact) mass is 160 g/mol. The number of hydrogen-bond donors (Lipinski definition) is 0. The van der Waals surface area contributed by atoms with E-state index in [0.29, 0.717) is 11.6 Å². The molecule has 0 saturated heterocycles. The molecule has 0 unspecified atom stereocenters. The SMILES string of the molecule is Cc1nc(C#N)ccc1C(C)C. The highest BCUT2D eigenvalue weighted by Gasteiger charge is 2.04. The predicted octanol–water partition coefficient (Wildman–Crippen LogP) is 2.39. The van der Waals surface area contributed by atoms with Crippen LogP contribution in [0.4, 0.5) is 0 Å². The normalized spacial score (nSPS) is 9.92. The summed E-state index contributed by atoms with van der Waals surface area (Å²) in [4.78, 5) is 4.15. The first-order valence-corrected chi connectivity index (χ1v) is 4.02. The van der Waals surface area contributed by atoms with Crippen LogP contribution in [0.1, 0.15) is 36.7 Å². The number of aryl methyl sites for hydroxylation is 1. The first kappa shape index (κ1) is 8.73. The molecule has 0 spiro atoms. The Kier molecular flexibility index (Phi) is 2.44. The van der Waals surface area contributed by atoms with Gasteiger partial charge in [-0.2, -0.15) is 5.26 Å². The minimum atomic E-state index is 0.477. The fourth-order valence-corrected chi connectivity index (χ4v) is 1.24. The topological polar surface area (TPSA) is 36.7 Å². The van der Waals surface area contributed by atoms with E-state index in [0.717, 1.165) is 5.69 Å². The number of rotatable bonds is 1. The number of aromatic nitrogens is 1. The standard InChI is InChI=1S/C10H12N2/c1-7(2)10-5-4-9(6-11)12-8(10)3/h4-5,7H,1-3H3. The van der Waals surface area contributed by atoms with E-state index in [1.54, 1.807) is 6.07 Å². The second-order valence-electron chi connectivity index (χ2n) is 3.14. The first-order chi connectivity index (χ1) is 5.65. The second kappa shape index (κ2) is 3.36. The van der Waals surface area contributed by atoms with Crippen molar-refractivity contribution in [3.8, 4) is 6.07 Å². The maximum atomic E-state index is 8.58. The van der Waals surface area contributed by atoms with E-state index in [-0.39, 0.29) is 0 Å². The van der Waals surface area contributed by atoms with Gasteiger partial charge in [0, 0.05) is 5.69 Å². The van der Waals surface area contributed by atoms with Gasteiger partial charge in [-0.1, -0.05) is 19.9 Å². The van der Waals surface area contributed by atoms with Crippen molar-refractivity contribution < 1.29 is 0 Å². The lowest BCUT2D eigenvalue weighted by Gasteiger charge is -2.07. The molecule has 0 amide bonds. The summed E-state index contributed by atoms with van der Waals surface area (Å²) < 4.78 is 0. The van der Waals surface area contributed by atoms with Gasteiger partial charge in [0.25, 0.3) is 0 Å². The van der Waals surface area contributed by atoms with Crippen molar-refractivity contribution in [3.63, 3.8) is 0 Å². The molecule has 62 valence electrons. The smallest absolute Gasteiger partial charge is 0.140 e. The van der Waals surface area contributed by atoms with Gasteiger partial charge < -0.3 is 0 Å². The van der Waals surface area contributed by atoms with Gasteiger partial charge in [0.2, 0.25) is 0 Å². The summed E-state index contributed by atoms with van der Waals surface area (Å²) in [6, 6.07) is 5.77. The van der Waals surface area contributed by atoms with Crippen molar-refractivity contribution in [2.45, 2.75) is 26.7 Å². The van der Waals surface area contributed by atoms with Crippen LogP contribution in [0.15, 0.2) is 12.1 Å². The zero-order valence-electron chi connectivity index (χ0n) is 7.63. The molecule has 1 aromatic heterocycles. The predicted molar refractivity (Wildman–Crippen MR) is 47.8 cm³/mol. The van der Waals surface area contributed by atoms with Gasteiger partial charge in [0.1, 0.15) is 11.8 Å². The van der Waals surface area contributed by atoms with Crippen LogP contribution in [0.2, 0.25) is 0 Å². The summed E-state index contributed by atoms with van der Waals surface area (Å²) in [5, 5.41) is 8.58. The molecule has 0 aliphatic rings. The van der Waals surface area contributed by atoms with Crippen LogP contribution in [-0.2, 0) is 0 Å². The molecule has 0 fully saturated rings. The molecule has 0 aromatic carbocycles. The molecular formula is C10H12N2. The lowest BCUT2D eigenvalue weighted by Crippen LogP contribution is -1.96. The van der Waals surface area contributed by atoms with Crippen molar-refractivity contribution in [2.24, 2.45) is 0 Å². The fraction of sp³-hybridized carbons (Fsp3) is 0.400. The van der Waals surface area contributed by atoms with Gasteiger partial charge in [-0.3, -0.25) is 0 Å². The molecule has 0 bridgehead atoms. The Bertz CT molecular complexity index is 321. The average Bonchev–Trinajstić information content (AvgIpc) is 2.03. The van der Waals surface area contributed by atoms with Crippen molar-refractivity contribution in [1.29, 1.82) is 5.26 Å². The highest BCUT2D eigenvalue weighted by molar-refractivity contribution is 5.29. The Morgan fingerprint density at radius 1 is 1.42 bits per heavy atom. The molecule has 1 heterocycles. The third kappa shape index (κ3) is 1.62. The van der Waals surface area contributed by atoms with Gasteiger partial charge in [0.15, 0.2) is 0 Å². The van der Waals surface area contributed by atoms with E-state index in [9.17, 15) is 0 Å². The van der Waals surface area contributed by atoms with E-state index in [4.69, 9.17) is 5.26 Å². The minimum Gasteiger partial charge on any atom is -0.242 e. The van der Waals surface area contributed by atoms with Crippen molar-refractivity contribution >= 4 is 0 Å². The quantitative estimate of drug-likeness (QED) is 0.632. The highest BCUT2D eigenvalue weighted by Crippen LogP contribution is 2.16. The van der Waals surface area contributed by atoms with Crippen LogP contribution in [0.25, 0.3) is 0 Å². The number of hydrogen-bond acceptors (Lipinski definition) is 2. The molecule has 2 heteroatoms. The number of nitrogens with zero attached hydrogens (tertiary/aromatic N) is 2. The zero-order valence-corrected chi connectivity index (χ0v) is 7.63. The molecule has 0 aliphatic carbocycles. The molecule has 12 heavy (non-hydrogen) atoms. The third-order valence-corrected chi connectivity index (χ3v) is 1.86. The van der Waals surface area contributed by atoms with Gasteiger partial charge >= 0.3 is 0 Å². The molecule has 1 aromatic rings. The molecular weight excluding hydrogens is 148 g/mol. The summed E-state index contributed by atoms with van der Waals surface area (Å²) >= 11 is 0. The van der Waals surface area contributed by atoms with E-state index >= 15 is 0 Å². The van der Waals surface area contributed by atoms with Crippen LogP contribution in [-0.4, -0.2) is 4.98 Å². The Labute approximate surface area is 72.9 Å². The molecule has 1 rings (SSSR count). The molecule has 0 atom stereocenters. The lowest BCUT2D eigenvalue weighted by atomic mass is 10.0. The van der Waals surface area contributed by atoms with Gasteiger partial charge in [0.05, 0.1) is 0 Å². The molecule has 2 nitrogen and oxygen atoms in total. The number of nitriles is 1.